The van der Waals surface area contributed by atoms with Gasteiger partial charge in [-0.25, -0.2) is 0 Å². The molecule has 5 rings (SSSR count). The van der Waals surface area contributed by atoms with Gasteiger partial charge in [0.1, 0.15) is 0 Å². The first-order valence-electron chi connectivity index (χ1n) is 9.41. The van der Waals surface area contributed by atoms with Crippen molar-refractivity contribution in [3.8, 4) is 16.9 Å². The van der Waals surface area contributed by atoms with Crippen molar-refractivity contribution in [3.05, 3.63) is 94.3 Å². The van der Waals surface area contributed by atoms with Gasteiger partial charge in [0.25, 0.3) is 5.56 Å². The molecule has 0 N–H and O–H groups in total. The van der Waals surface area contributed by atoms with Gasteiger partial charge in [0.15, 0.2) is 0 Å². The van der Waals surface area contributed by atoms with Crippen LogP contribution in [0.4, 0.5) is 0 Å². The summed E-state index contributed by atoms with van der Waals surface area (Å²) in [5.41, 5.74) is 5.12. The minimum absolute atomic E-state index is 0.0814. The van der Waals surface area contributed by atoms with E-state index in [0.717, 1.165) is 27.9 Å². The van der Waals surface area contributed by atoms with Crippen molar-refractivity contribution in [2.75, 3.05) is 0 Å². The van der Waals surface area contributed by atoms with Crippen molar-refractivity contribution in [2.45, 2.75) is 25.7 Å². The topological polar surface area (TPSA) is 34.9 Å². The first-order chi connectivity index (χ1) is 13.2. The molecule has 3 nitrogen and oxygen atoms in total. The van der Waals surface area contributed by atoms with Crippen LogP contribution < -0.4 is 5.56 Å². The summed E-state index contributed by atoms with van der Waals surface area (Å²) in [6, 6.07) is 24.2. The second kappa shape index (κ2) is 6.20. The van der Waals surface area contributed by atoms with Gasteiger partial charge in [0.05, 0.1) is 16.8 Å². The maximum Gasteiger partial charge on any atom is 0.279 e. The number of nitrogens with zero attached hydrogens (tertiary/aromatic N) is 2. The molecule has 1 saturated carbocycles. The van der Waals surface area contributed by atoms with Crippen LogP contribution in [0.15, 0.2) is 77.6 Å². The average molecular weight is 352 g/mol. The molecular weight excluding hydrogens is 332 g/mol. The second-order valence-corrected chi connectivity index (χ2v) is 7.29. The molecule has 0 atom stereocenters. The van der Waals surface area contributed by atoms with E-state index in [1.165, 1.54) is 18.4 Å². The monoisotopic (exact) mass is 352 g/mol. The van der Waals surface area contributed by atoms with Gasteiger partial charge in [0.2, 0.25) is 0 Å². The van der Waals surface area contributed by atoms with E-state index in [2.05, 4.69) is 31.2 Å². The number of benzene rings is 3. The Bertz CT molecular complexity index is 1200. The number of fused-ring (bicyclic) bond motifs is 1. The summed E-state index contributed by atoms with van der Waals surface area (Å²) in [6.07, 6.45) is 2.54. The molecule has 132 valence electrons. The van der Waals surface area contributed by atoms with Gasteiger partial charge < -0.3 is 0 Å². The summed E-state index contributed by atoms with van der Waals surface area (Å²) in [4.78, 5) is 13.1. The Kier molecular flexibility index (Phi) is 3.68. The van der Waals surface area contributed by atoms with E-state index < -0.39 is 0 Å². The normalized spacial score (nSPS) is 13.8. The van der Waals surface area contributed by atoms with Crippen LogP contribution in [0.2, 0.25) is 0 Å². The highest BCUT2D eigenvalue weighted by atomic mass is 16.1. The Morgan fingerprint density at radius 2 is 1.52 bits per heavy atom. The first-order valence-corrected chi connectivity index (χ1v) is 9.41. The average Bonchev–Trinajstić information content (AvgIpc) is 3.55. The zero-order chi connectivity index (χ0) is 18.4. The SMILES string of the molecule is Cc1ccccc1-c1nn(-c2ccc(C3CC3)cc2)c(=O)c2ccccc12. The predicted molar refractivity (Wildman–Crippen MR) is 109 cm³/mol. The summed E-state index contributed by atoms with van der Waals surface area (Å²) >= 11 is 0. The zero-order valence-corrected chi connectivity index (χ0v) is 15.2. The number of hydrogen-bond acceptors (Lipinski definition) is 2. The zero-order valence-electron chi connectivity index (χ0n) is 15.2. The third-order valence-electron chi connectivity index (χ3n) is 5.39. The standard InChI is InChI=1S/C24H20N2O/c1-16-6-2-3-7-20(16)23-21-8-4-5-9-22(21)24(27)26(25-23)19-14-12-18(13-15-19)17-10-11-17/h2-9,12-15,17H,10-11H2,1H3. The maximum absolute atomic E-state index is 13.1. The van der Waals surface area contributed by atoms with E-state index in [-0.39, 0.29) is 5.56 Å². The van der Waals surface area contributed by atoms with Gasteiger partial charge >= 0.3 is 0 Å². The van der Waals surface area contributed by atoms with E-state index in [0.29, 0.717) is 11.3 Å². The van der Waals surface area contributed by atoms with Crippen molar-refractivity contribution in [1.29, 1.82) is 0 Å². The molecule has 0 bridgehead atoms. The maximum atomic E-state index is 13.1. The summed E-state index contributed by atoms with van der Waals surface area (Å²) in [5, 5.41) is 6.38. The minimum Gasteiger partial charge on any atom is -0.267 e. The molecule has 0 spiro atoms. The van der Waals surface area contributed by atoms with Crippen LogP contribution in [0.5, 0.6) is 0 Å². The van der Waals surface area contributed by atoms with Crippen molar-refractivity contribution in [1.82, 2.24) is 9.78 Å². The molecule has 1 aliphatic rings. The Hall–Kier alpha value is -3.20. The molecule has 3 aromatic carbocycles. The molecule has 1 aliphatic carbocycles. The van der Waals surface area contributed by atoms with Gasteiger partial charge in [-0.1, -0.05) is 54.6 Å². The lowest BCUT2D eigenvalue weighted by atomic mass is 10.0. The highest BCUT2D eigenvalue weighted by Crippen LogP contribution is 2.40. The summed E-state index contributed by atoms with van der Waals surface area (Å²) < 4.78 is 1.54. The van der Waals surface area contributed by atoms with Crippen LogP contribution in [0, 0.1) is 6.92 Å². The van der Waals surface area contributed by atoms with Crippen LogP contribution in [0.1, 0.15) is 29.9 Å². The molecule has 1 heterocycles. The quantitative estimate of drug-likeness (QED) is 0.505. The van der Waals surface area contributed by atoms with Gasteiger partial charge in [0, 0.05) is 10.9 Å². The molecule has 0 aliphatic heterocycles. The molecule has 0 saturated heterocycles. The highest BCUT2D eigenvalue weighted by Gasteiger charge is 2.23. The molecule has 3 heteroatoms. The lowest BCUT2D eigenvalue weighted by Crippen LogP contribution is -2.22. The van der Waals surface area contributed by atoms with Crippen molar-refractivity contribution in [2.24, 2.45) is 0 Å². The summed E-state index contributed by atoms with van der Waals surface area (Å²) in [6.45, 7) is 2.08. The lowest BCUT2D eigenvalue weighted by molar-refractivity contribution is 0.825. The van der Waals surface area contributed by atoms with Gasteiger partial charge in [-0.3, -0.25) is 4.79 Å². The predicted octanol–water partition coefficient (Wildman–Crippen LogP) is 5.24. The largest absolute Gasteiger partial charge is 0.279 e. The Morgan fingerprint density at radius 1 is 0.852 bits per heavy atom. The third kappa shape index (κ3) is 2.76. The second-order valence-electron chi connectivity index (χ2n) is 7.29. The number of aromatic nitrogens is 2. The van der Waals surface area contributed by atoms with Crippen LogP contribution in [-0.4, -0.2) is 9.78 Å². The van der Waals surface area contributed by atoms with E-state index in [4.69, 9.17) is 5.10 Å². The number of rotatable bonds is 3. The highest BCUT2D eigenvalue weighted by molar-refractivity contribution is 5.94. The number of aryl methyl sites for hydroxylation is 1. The van der Waals surface area contributed by atoms with Crippen LogP contribution >= 0.6 is 0 Å². The fraction of sp³-hybridized carbons (Fsp3) is 0.167. The van der Waals surface area contributed by atoms with E-state index >= 15 is 0 Å². The third-order valence-corrected chi connectivity index (χ3v) is 5.39. The van der Waals surface area contributed by atoms with E-state index in [1.54, 1.807) is 4.68 Å². The van der Waals surface area contributed by atoms with Crippen molar-refractivity contribution in [3.63, 3.8) is 0 Å². The fourth-order valence-electron chi connectivity index (χ4n) is 3.71. The summed E-state index contributed by atoms with van der Waals surface area (Å²) in [5.74, 6) is 0.697. The Labute approximate surface area is 157 Å². The first kappa shape index (κ1) is 16.0. The Balaban J connectivity index is 1.77. The van der Waals surface area contributed by atoms with E-state index in [9.17, 15) is 4.79 Å². The van der Waals surface area contributed by atoms with Gasteiger partial charge in [-0.2, -0.15) is 9.78 Å². The van der Waals surface area contributed by atoms with Crippen molar-refractivity contribution < 1.29 is 0 Å². The van der Waals surface area contributed by atoms with Crippen molar-refractivity contribution >= 4 is 10.8 Å². The fourth-order valence-corrected chi connectivity index (χ4v) is 3.71. The summed E-state index contributed by atoms with van der Waals surface area (Å²) in [7, 11) is 0. The van der Waals surface area contributed by atoms with Gasteiger partial charge in [-0.05, 0) is 55.0 Å². The Morgan fingerprint density at radius 3 is 2.22 bits per heavy atom. The molecule has 0 radical (unpaired) electrons. The number of hydrogen-bond donors (Lipinski definition) is 0. The molecule has 1 aromatic heterocycles. The lowest BCUT2D eigenvalue weighted by Gasteiger charge is -2.13. The molecule has 27 heavy (non-hydrogen) atoms. The van der Waals surface area contributed by atoms with E-state index in [1.807, 2.05) is 48.5 Å². The molecule has 0 unspecified atom stereocenters. The molecule has 1 fully saturated rings. The molecule has 4 aromatic rings. The molecule has 0 amide bonds. The van der Waals surface area contributed by atoms with Crippen LogP contribution in [0.25, 0.3) is 27.7 Å². The van der Waals surface area contributed by atoms with Gasteiger partial charge in [-0.15, -0.1) is 0 Å². The van der Waals surface area contributed by atoms with Crippen LogP contribution in [-0.2, 0) is 0 Å². The van der Waals surface area contributed by atoms with Crippen LogP contribution in [0.3, 0.4) is 0 Å². The minimum atomic E-state index is -0.0814. The molecular formula is C24H20N2O. The smallest absolute Gasteiger partial charge is 0.267 e.